The molecule has 0 spiro atoms. The maximum absolute atomic E-state index is 12.4. The van der Waals surface area contributed by atoms with Crippen LogP contribution >= 0.6 is 0 Å². The minimum absolute atomic E-state index is 0.143. The number of rotatable bonds is 7. The molecule has 0 saturated carbocycles. The highest BCUT2D eigenvalue weighted by molar-refractivity contribution is 5.34. The summed E-state index contributed by atoms with van der Waals surface area (Å²) in [6, 6.07) is 25.1. The van der Waals surface area contributed by atoms with Gasteiger partial charge in [0.05, 0.1) is 0 Å². The topological polar surface area (TPSA) is 9.23 Å². The zero-order chi connectivity index (χ0) is 20.9. The van der Waals surface area contributed by atoms with E-state index in [1.807, 2.05) is 18.2 Å². The molecule has 3 rings (SSSR count). The molecule has 0 radical (unpaired) electrons. The lowest BCUT2D eigenvalue weighted by atomic mass is 9.73. The molecule has 0 heterocycles. The highest BCUT2D eigenvalue weighted by atomic mass is 19.4. The van der Waals surface area contributed by atoms with E-state index in [1.165, 1.54) is 28.8 Å². The van der Waals surface area contributed by atoms with E-state index in [2.05, 4.69) is 55.0 Å². The Morgan fingerprint density at radius 2 is 1.38 bits per heavy atom. The Hall–Kier alpha value is -2.75. The van der Waals surface area contributed by atoms with Gasteiger partial charge in [-0.25, -0.2) is 0 Å². The van der Waals surface area contributed by atoms with Gasteiger partial charge in [-0.15, -0.1) is 13.2 Å². The molecule has 0 amide bonds. The Kier molecular flexibility index (Phi) is 6.31. The van der Waals surface area contributed by atoms with Crippen molar-refractivity contribution in [2.24, 2.45) is 0 Å². The van der Waals surface area contributed by atoms with E-state index >= 15 is 0 Å². The molecule has 1 nitrogen and oxygen atoms in total. The van der Waals surface area contributed by atoms with Gasteiger partial charge < -0.3 is 4.74 Å². The number of benzene rings is 3. The molecule has 0 aromatic heterocycles. The van der Waals surface area contributed by atoms with Gasteiger partial charge >= 0.3 is 6.36 Å². The minimum atomic E-state index is -4.67. The van der Waals surface area contributed by atoms with E-state index in [9.17, 15) is 13.2 Å². The van der Waals surface area contributed by atoms with Crippen LogP contribution in [0.1, 0.15) is 35.6 Å². The average molecular weight is 398 g/mol. The Bertz CT molecular complexity index is 900. The fraction of sp³-hybridized carbons (Fsp3) is 0.280. The summed E-state index contributed by atoms with van der Waals surface area (Å²) in [7, 11) is 0. The smallest absolute Gasteiger partial charge is 0.406 e. The molecule has 3 aromatic carbocycles. The summed E-state index contributed by atoms with van der Waals surface area (Å²) in [6.07, 6.45) is -2.08. The Morgan fingerprint density at radius 1 is 0.759 bits per heavy atom. The van der Waals surface area contributed by atoms with Crippen molar-refractivity contribution in [1.82, 2.24) is 0 Å². The van der Waals surface area contributed by atoms with E-state index < -0.39 is 6.36 Å². The van der Waals surface area contributed by atoms with Crippen LogP contribution in [0.5, 0.6) is 5.75 Å². The summed E-state index contributed by atoms with van der Waals surface area (Å²) in [5, 5.41) is 0. The molecule has 0 aliphatic carbocycles. The molecule has 0 N–H and O–H groups in total. The van der Waals surface area contributed by atoms with Crippen molar-refractivity contribution in [2.75, 3.05) is 0 Å². The highest BCUT2D eigenvalue weighted by Gasteiger charge is 2.31. The first-order valence-electron chi connectivity index (χ1n) is 9.69. The van der Waals surface area contributed by atoms with Gasteiger partial charge in [0.2, 0.25) is 0 Å². The second kappa shape index (κ2) is 8.73. The van der Waals surface area contributed by atoms with Gasteiger partial charge in [-0.05, 0) is 60.4 Å². The SMILES string of the molecule is Cc1ccc(C(C)(CCc2ccccc2)Cc2ccc(OC(F)(F)F)cc2)cc1. The lowest BCUT2D eigenvalue weighted by Gasteiger charge is -2.31. The van der Waals surface area contributed by atoms with Crippen molar-refractivity contribution in [3.05, 3.63) is 101 Å². The number of hydrogen-bond acceptors (Lipinski definition) is 1. The first-order chi connectivity index (χ1) is 13.7. The van der Waals surface area contributed by atoms with E-state index in [0.29, 0.717) is 0 Å². The molecule has 3 aromatic rings. The maximum atomic E-state index is 12.4. The monoisotopic (exact) mass is 398 g/mol. The molecule has 29 heavy (non-hydrogen) atoms. The Morgan fingerprint density at radius 3 is 1.97 bits per heavy atom. The summed E-state index contributed by atoms with van der Waals surface area (Å²) in [5.74, 6) is -0.192. The average Bonchev–Trinajstić information content (AvgIpc) is 2.68. The second-order valence-electron chi connectivity index (χ2n) is 7.78. The standard InChI is InChI=1S/C25H25F3O/c1-19-8-12-22(13-9-19)24(2,17-16-20-6-4-3-5-7-20)18-21-10-14-23(15-11-21)29-25(26,27)28/h3-15H,16-18H2,1-2H3. The van der Waals surface area contributed by atoms with Crippen molar-refractivity contribution in [2.45, 2.75) is 44.9 Å². The molecule has 0 fully saturated rings. The Labute approximate surface area is 170 Å². The third-order valence-corrected chi connectivity index (χ3v) is 5.31. The van der Waals surface area contributed by atoms with Crippen LogP contribution < -0.4 is 4.74 Å². The van der Waals surface area contributed by atoms with Crippen LogP contribution in [0.15, 0.2) is 78.9 Å². The van der Waals surface area contributed by atoms with Gasteiger partial charge in [0.25, 0.3) is 0 Å². The molecule has 0 aliphatic rings. The van der Waals surface area contributed by atoms with Crippen LogP contribution in [0.2, 0.25) is 0 Å². The van der Waals surface area contributed by atoms with Crippen LogP contribution in [0, 0.1) is 6.92 Å². The zero-order valence-electron chi connectivity index (χ0n) is 16.7. The third kappa shape index (κ3) is 6.11. The van der Waals surface area contributed by atoms with E-state index in [1.54, 1.807) is 12.1 Å². The number of aryl methyl sites for hydroxylation is 2. The van der Waals surface area contributed by atoms with Crippen molar-refractivity contribution in [3.63, 3.8) is 0 Å². The maximum Gasteiger partial charge on any atom is 0.573 e. The molecule has 4 heteroatoms. The number of alkyl halides is 3. The van der Waals surface area contributed by atoms with E-state index in [4.69, 9.17) is 0 Å². The quantitative estimate of drug-likeness (QED) is 0.415. The van der Waals surface area contributed by atoms with Crippen molar-refractivity contribution in [3.8, 4) is 5.75 Å². The van der Waals surface area contributed by atoms with Gasteiger partial charge in [-0.3, -0.25) is 0 Å². The number of ether oxygens (including phenoxy) is 1. The first-order valence-corrected chi connectivity index (χ1v) is 9.69. The molecular formula is C25H25F3O. The summed E-state index contributed by atoms with van der Waals surface area (Å²) in [5.41, 5.74) is 4.55. The summed E-state index contributed by atoms with van der Waals surface area (Å²) >= 11 is 0. The van der Waals surface area contributed by atoms with Crippen LogP contribution in [0.3, 0.4) is 0 Å². The number of halogens is 3. The summed E-state index contributed by atoms with van der Waals surface area (Å²) in [4.78, 5) is 0. The predicted molar refractivity (Wildman–Crippen MR) is 110 cm³/mol. The van der Waals surface area contributed by atoms with E-state index in [0.717, 1.165) is 24.8 Å². The van der Waals surface area contributed by atoms with Crippen LogP contribution in [0.25, 0.3) is 0 Å². The lowest BCUT2D eigenvalue weighted by molar-refractivity contribution is -0.274. The van der Waals surface area contributed by atoms with Gasteiger partial charge in [0.15, 0.2) is 0 Å². The Balaban J connectivity index is 1.81. The zero-order valence-corrected chi connectivity index (χ0v) is 16.7. The summed E-state index contributed by atoms with van der Waals surface area (Å²) in [6.45, 7) is 4.28. The molecular weight excluding hydrogens is 373 g/mol. The molecule has 152 valence electrons. The van der Waals surface area contributed by atoms with Crippen molar-refractivity contribution < 1.29 is 17.9 Å². The van der Waals surface area contributed by atoms with Crippen LogP contribution in [-0.2, 0) is 18.3 Å². The van der Waals surface area contributed by atoms with Gasteiger partial charge in [0.1, 0.15) is 5.75 Å². The van der Waals surface area contributed by atoms with Gasteiger partial charge in [-0.2, -0.15) is 0 Å². The third-order valence-electron chi connectivity index (χ3n) is 5.31. The van der Waals surface area contributed by atoms with Gasteiger partial charge in [-0.1, -0.05) is 79.2 Å². The molecule has 1 unspecified atom stereocenters. The molecule has 0 saturated heterocycles. The van der Waals surface area contributed by atoms with Crippen LogP contribution in [-0.4, -0.2) is 6.36 Å². The van der Waals surface area contributed by atoms with Crippen LogP contribution in [0.4, 0.5) is 13.2 Å². The second-order valence-corrected chi connectivity index (χ2v) is 7.78. The van der Waals surface area contributed by atoms with Gasteiger partial charge in [0, 0.05) is 0 Å². The normalized spacial score (nSPS) is 13.7. The molecule has 0 bridgehead atoms. The fourth-order valence-electron chi connectivity index (χ4n) is 3.62. The largest absolute Gasteiger partial charge is 0.573 e. The number of hydrogen-bond donors (Lipinski definition) is 0. The highest BCUT2D eigenvalue weighted by Crippen LogP contribution is 2.34. The van der Waals surface area contributed by atoms with E-state index in [-0.39, 0.29) is 11.2 Å². The molecule has 1 atom stereocenters. The minimum Gasteiger partial charge on any atom is -0.406 e. The summed E-state index contributed by atoms with van der Waals surface area (Å²) < 4.78 is 41.2. The lowest BCUT2D eigenvalue weighted by Crippen LogP contribution is -2.26. The predicted octanol–water partition coefficient (Wildman–Crippen LogP) is 7.03. The van der Waals surface area contributed by atoms with Crippen molar-refractivity contribution >= 4 is 0 Å². The van der Waals surface area contributed by atoms with Crippen molar-refractivity contribution in [1.29, 1.82) is 0 Å². The molecule has 0 aliphatic heterocycles. The fourth-order valence-corrected chi connectivity index (χ4v) is 3.62. The first kappa shape index (κ1) is 21.0.